The van der Waals surface area contributed by atoms with Gasteiger partial charge >= 0.3 is 0 Å². The molecule has 16 heavy (non-hydrogen) atoms. The van der Waals surface area contributed by atoms with E-state index in [-0.39, 0.29) is 5.75 Å². The molecule has 0 atom stereocenters. The summed E-state index contributed by atoms with van der Waals surface area (Å²) in [6.07, 6.45) is -1.53. The number of halogens is 2. The summed E-state index contributed by atoms with van der Waals surface area (Å²) in [6.45, 7) is -2.32. The molecule has 0 fully saturated rings. The minimum atomic E-state index is -3.94. The Bertz CT molecular complexity index is 401. The third-order valence-corrected chi connectivity index (χ3v) is 3.07. The van der Waals surface area contributed by atoms with Crippen LogP contribution in [-0.2, 0) is 20.1 Å². The van der Waals surface area contributed by atoms with E-state index >= 15 is 0 Å². The van der Waals surface area contributed by atoms with E-state index in [0.717, 1.165) is 0 Å². The first-order valence-corrected chi connectivity index (χ1v) is 6.22. The lowest BCUT2D eigenvalue weighted by Gasteiger charge is -2.10. The van der Waals surface area contributed by atoms with Gasteiger partial charge < -0.3 is 0 Å². The number of rotatable bonds is 6. The summed E-state index contributed by atoms with van der Waals surface area (Å²) in [5.74, 6) is -0.385. The van der Waals surface area contributed by atoms with Gasteiger partial charge in [-0.25, -0.2) is 8.78 Å². The van der Waals surface area contributed by atoms with Gasteiger partial charge in [0.25, 0.3) is 10.1 Å². The maximum atomic E-state index is 12.1. The molecule has 0 aliphatic carbocycles. The van der Waals surface area contributed by atoms with Crippen LogP contribution in [0.2, 0.25) is 0 Å². The molecule has 0 aliphatic rings. The average molecular weight is 250 g/mol. The van der Waals surface area contributed by atoms with E-state index in [1.165, 1.54) is 0 Å². The molecule has 1 aromatic carbocycles. The van der Waals surface area contributed by atoms with Crippen LogP contribution in [0, 0.1) is 0 Å². The van der Waals surface area contributed by atoms with E-state index in [1.54, 1.807) is 30.3 Å². The Morgan fingerprint density at radius 1 is 1.12 bits per heavy atom. The first kappa shape index (κ1) is 13.1. The normalized spacial score (nSPS) is 11.9. The highest BCUT2D eigenvalue weighted by Crippen LogP contribution is 2.10. The molecule has 0 saturated carbocycles. The van der Waals surface area contributed by atoms with Gasteiger partial charge in [-0.2, -0.15) is 8.42 Å². The van der Waals surface area contributed by atoms with Crippen LogP contribution < -0.4 is 0 Å². The van der Waals surface area contributed by atoms with Crippen LogP contribution in [0.1, 0.15) is 5.56 Å². The highest BCUT2D eigenvalue weighted by Gasteiger charge is 2.19. The SMILES string of the molecule is O=S(=O)(Cc1ccccc1)OC(CF)CF. The van der Waals surface area contributed by atoms with Crippen LogP contribution in [0.15, 0.2) is 30.3 Å². The van der Waals surface area contributed by atoms with Crippen LogP contribution >= 0.6 is 0 Å². The van der Waals surface area contributed by atoms with Crippen molar-refractivity contribution < 1.29 is 21.4 Å². The summed E-state index contributed by atoms with van der Waals surface area (Å²) >= 11 is 0. The van der Waals surface area contributed by atoms with E-state index in [9.17, 15) is 17.2 Å². The zero-order chi connectivity index (χ0) is 12.0. The van der Waals surface area contributed by atoms with Crippen LogP contribution in [0.3, 0.4) is 0 Å². The topological polar surface area (TPSA) is 43.4 Å². The number of hydrogen-bond acceptors (Lipinski definition) is 3. The molecule has 1 aromatic rings. The molecule has 90 valence electrons. The van der Waals surface area contributed by atoms with Crippen LogP contribution in [0.4, 0.5) is 8.78 Å². The first-order chi connectivity index (χ1) is 7.57. The molecule has 1 rings (SSSR count). The van der Waals surface area contributed by atoms with Crippen molar-refractivity contribution in [3.63, 3.8) is 0 Å². The van der Waals surface area contributed by atoms with Crippen molar-refractivity contribution in [2.75, 3.05) is 13.3 Å². The fourth-order valence-corrected chi connectivity index (χ4v) is 2.30. The summed E-state index contributed by atoms with van der Waals surface area (Å²) in [5, 5.41) is 0. The Hall–Kier alpha value is -1.01. The molecule has 0 radical (unpaired) electrons. The number of benzene rings is 1. The van der Waals surface area contributed by atoms with Crippen molar-refractivity contribution in [1.29, 1.82) is 0 Å². The molecule has 0 bridgehead atoms. The van der Waals surface area contributed by atoms with Gasteiger partial charge in [0.1, 0.15) is 25.2 Å². The molecule has 0 aromatic heterocycles. The van der Waals surface area contributed by atoms with Crippen molar-refractivity contribution in [2.24, 2.45) is 0 Å². The fraction of sp³-hybridized carbons (Fsp3) is 0.400. The molecule has 0 saturated heterocycles. The van der Waals surface area contributed by atoms with E-state index in [4.69, 9.17) is 0 Å². The monoisotopic (exact) mass is 250 g/mol. The van der Waals surface area contributed by atoms with Gasteiger partial charge in [-0.1, -0.05) is 30.3 Å². The Morgan fingerprint density at radius 3 is 2.19 bits per heavy atom. The van der Waals surface area contributed by atoms with E-state index in [1.807, 2.05) is 0 Å². The van der Waals surface area contributed by atoms with Gasteiger partial charge in [-0.15, -0.1) is 0 Å². The van der Waals surface area contributed by atoms with E-state index in [0.29, 0.717) is 5.56 Å². The van der Waals surface area contributed by atoms with Crippen LogP contribution in [0.25, 0.3) is 0 Å². The van der Waals surface area contributed by atoms with Crippen molar-refractivity contribution in [2.45, 2.75) is 11.9 Å². The average Bonchev–Trinajstić information content (AvgIpc) is 2.26. The van der Waals surface area contributed by atoms with Gasteiger partial charge in [0.05, 0.1) is 0 Å². The standard InChI is InChI=1S/C10H12F2O3S/c11-6-10(7-12)15-16(13,14)8-9-4-2-1-3-5-9/h1-5,10H,6-8H2. The Labute approximate surface area is 93.2 Å². The highest BCUT2D eigenvalue weighted by atomic mass is 32.2. The summed E-state index contributed by atoms with van der Waals surface area (Å²) in [4.78, 5) is 0. The first-order valence-electron chi connectivity index (χ1n) is 4.64. The summed E-state index contributed by atoms with van der Waals surface area (Å²) < 4.78 is 51.3. The third-order valence-electron chi connectivity index (χ3n) is 1.81. The molecule has 0 N–H and O–H groups in total. The van der Waals surface area contributed by atoms with Crippen molar-refractivity contribution in [1.82, 2.24) is 0 Å². The molecule has 3 nitrogen and oxygen atoms in total. The van der Waals surface area contributed by atoms with Gasteiger partial charge in [0.2, 0.25) is 0 Å². The quantitative estimate of drug-likeness (QED) is 0.723. The van der Waals surface area contributed by atoms with Crippen LogP contribution in [0.5, 0.6) is 0 Å². The predicted molar refractivity (Wildman–Crippen MR) is 55.9 cm³/mol. The largest absolute Gasteiger partial charge is 0.271 e. The lowest BCUT2D eigenvalue weighted by molar-refractivity contribution is 0.139. The Balaban J connectivity index is 2.66. The van der Waals surface area contributed by atoms with Gasteiger partial charge in [0, 0.05) is 0 Å². The predicted octanol–water partition coefficient (Wildman–Crippen LogP) is 1.84. The maximum absolute atomic E-state index is 12.1. The molecule has 0 aliphatic heterocycles. The molecule has 0 spiro atoms. The second-order valence-corrected chi connectivity index (χ2v) is 4.81. The van der Waals surface area contributed by atoms with Crippen molar-refractivity contribution >= 4 is 10.1 Å². The van der Waals surface area contributed by atoms with Gasteiger partial charge in [-0.3, -0.25) is 4.18 Å². The summed E-state index contributed by atoms with van der Waals surface area (Å²) in [5.41, 5.74) is 0.513. The van der Waals surface area contributed by atoms with Crippen LogP contribution in [-0.4, -0.2) is 27.9 Å². The third kappa shape index (κ3) is 4.24. The van der Waals surface area contributed by atoms with E-state index < -0.39 is 29.6 Å². The summed E-state index contributed by atoms with van der Waals surface area (Å²) in [7, 11) is -3.94. The molecular weight excluding hydrogens is 238 g/mol. The molecule has 6 heteroatoms. The highest BCUT2D eigenvalue weighted by molar-refractivity contribution is 7.85. The smallest absolute Gasteiger partial charge is 0.261 e. The van der Waals surface area contributed by atoms with Crippen molar-refractivity contribution in [3.05, 3.63) is 35.9 Å². The van der Waals surface area contributed by atoms with E-state index in [2.05, 4.69) is 4.18 Å². The second kappa shape index (κ2) is 5.91. The lowest BCUT2D eigenvalue weighted by atomic mass is 10.2. The van der Waals surface area contributed by atoms with Crippen molar-refractivity contribution in [3.8, 4) is 0 Å². The maximum Gasteiger partial charge on any atom is 0.271 e. The fourth-order valence-electron chi connectivity index (χ4n) is 1.11. The molecule has 0 amide bonds. The molecule has 0 heterocycles. The zero-order valence-corrected chi connectivity index (χ0v) is 9.29. The second-order valence-electron chi connectivity index (χ2n) is 3.21. The Kier molecular flexibility index (Phi) is 4.82. The minimum absolute atomic E-state index is 0.385. The lowest BCUT2D eigenvalue weighted by Crippen LogP contribution is -2.23. The molecular formula is C10H12F2O3S. The Morgan fingerprint density at radius 2 is 1.69 bits per heavy atom. The summed E-state index contributed by atoms with van der Waals surface area (Å²) in [6, 6.07) is 8.28. The van der Waals surface area contributed by atoms with Gasteiger partial charge in [-0.05, 0) is 5.56 Å². The molecule has 0 unspecified atom stereocenters. The zero-order valence-electron chi connectivity index (χ0n) is 8.47. The minimum Gasteiger partial charge on any atom is -0.261 e. The number of hydrogen-bond donors (Lipinski definition) is 0. The number of alkyl halides is 2. The van der Waals surface area contributed by atoms with Gasteiger partial charge in [0.15, 0.2) is 0 Å².